The van der Waals surface area contributed by atoms with Gasteiger partial charge in [-0.1, -0.05) is 43.9 Å². The molecule has 1 aromatic heterocycles. The molecule has 106 valence electrons. The topological polar surface area (TPSA) is 64.9 Å². The second-order valence-corrected chi connectivity index (χ2v) is 4.26. The number of benzene rings is 1. The summed E-state index contributed by atoms with van der Waals surface area (Å²) in [7, 11) is 0. The van der Waals surface area contributed by atoms with Gasteiger partial charge in [0.15, 0.2) is 5.52 Å². The van der Waals surface area contributed by atoms with Crippen molar-refractivity contribution >= 4 is 16.7 Å². The zero-order valence-electron chi connectivity index (χ0n) is 12.3. The monoisotopic (exact) mass is 271 g/mol. The van der Waals surface area contributed by atoms with Gasteiger partial charge in [0.25, 0.3) is 0 Å². The standard InChI is InChI=1S/C9H14.C7H7N3O/c1-4-7-9(6-3)8-5-2;1-4-2-3-5(8)7-6(4)9-11-10-7/h4-5,7-8H,1,6H2,2-3H3;2-3H,8H2,1H3/b8-5-,9-7-;. The molecule has 2 aromatic rings. The highest BCUT2D eigenvalue weighted by molar-refractivity contribution is 5.87. The molecule has 0 aliphatic heterocycles. The minimum Gasteiger partial charge on any atom is -0.397 e. The normalized spacial score (nSPS) is 11.4. The Hall–Kier alpha value is -2.36. The van der Waals surface area contributed by atoms with E-state index in [4.69, 9.17) is 5.73 Å². The third-order valence-electron chi connectivity index (χ3n) is 2.77. The highest BCUT2D eigenvalue weighted by atomic mass is 16.6. The lowest BCUT2D eigenvalue weighted by atomic mass is 10.2. The Labute approximate surface area is 119 Å². The lowest BCUT2D eigenvalue weighted by Gasteiger charge is -1.93. The van der Waals surface area contributed by atoms with Gasteiger partial charge in [-0.3, -0.25) is 0 Å². The zero-order valence-corrected chi connectivity index (χ0v) is 12.3. The number of aryl methyl sites for hydroxylation is 1. The van der Waals surface area contributed by atoms with Gasteiger partial charge in [-0.15, -0.1) is 0 Å². The first-order valence-electron chi connectivity index (χ1n) is 6.55. The molecule has 0 saturated heterocycles. The number of nitrogen functional groups attached to an aromatic ring is 1. The summed E-state index contributed by atoms with van der Waals surface area (Å²) in [5.74, 6) is 0. The number of nitrogens with two attached hydrogens (primary N) is 1. The van der Waals surface area contributed by atoms with E-state index in [1.165, 1.54) is 5.57 Å². The van der Waals surface area contributed by atoms with E-state index in [0.717, 1.165) is 17.5 Å². The molecule has 0 saturated carbocycles. The van der Waals surface area contributed by atoms with E-state index in [0.29, 0.717) is 11.2 Å². The fraction of sp³-hybridized carbons (Fsp3) is 0.250. The maximum absolute atomic E-state index is 5.61. The number of aromatic nitrogens is 2. The van der Waals surface area contributed by atoms with Crippen LogP contribution in [0.1, 0.15) is 25.8 Å². The summed E-state index contributed by atoms with van der Waals surface area (Å²) < 4.78 is 4.55. The summed E-state index contributed by atoms with van der Waals surface area (Å²) >= 11 is 0. The van der Waals surface area contributed by atoms with Crippen molar-refractivity contribution in [3.05, 3.63) is 54.2 Å². The Morgan fingerprint density at radius 3 is 2.60 bits per heavy atom. The Kier molecular flexibility index (Phi) is 6.23. The fourth-order valence-electron chi connectivity index (χ4n) is 1.67. The lowest BCUT2D eigenvalue weighted by molar-refractivity contribution is 0.315. The summed E-state index contributed by atoms with van der Waals surface area (Å²) in [6.45, 7) is 9.71. The summed E-state index contributed by atoms with van der Waals surface area (Å²) in [6, 6.07) is 3.68. The molecule has 0 atom stereocenters. The number of fused-ring (bicyclic) bond motifs is 1. The molecular weight excluding hydrogens is 250 g/mol. The summed E-state index contributed by atoms with van der Waals surface area (Å²) in [5, 5.41) is 7.38. The summed E-state index contributed by atoms with van der Waals surface area (Å²) in [5.41, 5.74) is 9.94. The van der Waals surface area contributed by atoms with Gasteiger partial charge < -0.3 is 5.73 Å². The first-order valence-corrected chi connectivity index (χ1v) is 6.55. The predicted octanol–water partition coefficient (Wildman–Crippen LogP) is 4.20. The van der Waals surface area contributed by atoms with Crippen LogP contribution in [0.4, 0.5) is 5.69 Å². The number of allylic oxidation sites excluding steroid dienone is 5. The maximum atomic E-state index is 5.61. The van der Waals surface area contributed by atoms with Crippen LogP contribution >= 0.6 is 0 Å². The van der Waals surface area contributed by atoms with Gasteiger partial charge in [0.1, 0.15) is 5.52 Å². The largest absolute Gasteiger partial charge is 0.397 e. The zero-order chi connectivity index (χ0) is 15.0. The number of hydrogen-bond donors (Lipinski definition) is 1. The first kappa shape index (κ1) is 15.7. The van der Waals surface area contributed by atoms with Crippen LogP contribution in [0.3, 0.4) is 0 Å². The third-order valence-corrected chi connectivity index (χ3v) is 2.77. The van der Waals surface area contributed by atoms with Gasteiger partial charge in [0.2, 0.25) is 0 Å². The Bertz CT molecular complexity index is 588. The molecule has 0 amide bonds. The van der Waals surface area contributed by atoms with Crippen LogP contribution in [-0.2, 0) is 0 Å². The number of rotatable bonds is 3. The van der Waals surface area contributed by atoms with Gasteiger partial charge in [-0.25, -0.2) is 4.63 Å². The van der Waals surface area contributed by atoms with Crippen molar-refractivity contribution in [2.45, 2.75) is 27.2 Å². The highest BCUT2D eigenvalue weighted by Crippen LogP contribution is 2.19. The second-order valence-electron chi connectivity index (χ2n) is 4.26. The minimum absolute atomic E-state index is 0.604. The van der Waals surface area contributed by atoms with Gasteiger partial charge in [0.05, 0.1) is 5.69 Å². The van der Waals surface area contributed by atoms with Gasteiger partial charge in [-0.05, 0) is 47.8 Å². The lowest BCUT2D eigenvalue weighted by Crippen LogP contribution is -1.87. The molecule has 4 nitrogen and oxygen atoms in total. The Morgan fingerprint density at radius 2 is 2.05 bits per heavy atom. The Balaban J connectivity index is 0.000000206. The van der Waals surface area contributed by atoms with Gasteiger partial charge in [-0.2, -0.15) is 0 Å². The van der Waals surface area contributed by atoms with E-state index >= 15 is 0 Å². The van der Waals surface area contributed by atoms with Gasteiger partial charge in [0, 0.05) is 0 Å². The van der Waals surface area contributed by atoms with Crippen molar-refractivity contribution in [1.82, 2.24) is 10.3 Å². The van der Waals surface area contributed by atoms with Crippen LogP contribution < -0.4 is 5.73 Å². The Morgan fingerprint density at radius 1 is 1.35 bits per heavy atom. The maximum Gasteiger partial charge on any atom is 0.158 e. The van der Waals surface area contributed by atoms with Crippen molar-refractivity contribution < 1.29 is 4.63 Å². The van der Waals surface area contributed by atoms with Crippen LogP contribution in [0.15, 0.2) is 53.2 Å². The van der Waals surface area contributed by atoms with Crippen LogP contribution in [0.2, 0.25) is 0 Å². The van der Waals surface area contributed by atoms with Crippen LogP contribution in [0, 0.1) is 6.92 Å². The smallest absolute Gasteiger partial charge is 0.158 e. The molecule has 1 heterocycles. The molecule has 0 fully saturated rings. The number of anilines is 1. The fourth-order valence-corrected chi connectivity index (χ4v) is 1.67. The molecule has 0 spiro atoms. The van der Waals surface area contributed by atoms with E-state index in [1.807, 2.05) is 38.1 Å². The average Bonchev–Trinajstić information content (AvgIpc) is 2.94. The molecule has 0 radical (unpaired) electrons. The van der Waals surface area contributed by atoms with Crippen LogP contribution in [-0.4, -0.2) is 10.3 Å². The van der Waals surface area contributed by atoms with Gasteiger partial charge >= 0.3 is 0 Å². The molecule has 4 heteroatoms. The van der Waals surface area contributed by atoms with Crippen molar-refractivity contribution in [2.75, 3.05) is 5.73 Å². The molecular formula is C16H21N3O. The first-order chi connectivity index (χ1) is 9.63. The molecule has 1 aromatic carbocycles. The van der Waals surface area contributed by atoms with Crippen molar-refractivity contribution in [1.29, 1.82) is 0 Å². The SMILES string of the molecule is C=C/C=C(\C=C/C)CC.Cc1ccc(N)c2nonc12. The van der Waals surface area contributed by atoms with Crippen molar-refractivity contribution in [3.63, 3.8) is 0 Å². The number of hydrogen-bond acceptors (Lipinski definition) is 4. The van der Waals surface area contributed by atoms with Crippen molar-refractivity contribution in [2.24, 2.45) is 0 Å². The molecule has 20 heavy (non-hydrogen) atoms. The molecule has 0 unspecified atom stereocenters. The molecule has 2 rings (SSSR count). The molecule has 0 aliphatic rings. The third kappa shape index (κ3) is 4.09. The molecule has 2 N–H and O–H groups in total. The quantitative estimate of drug-likeness (QED) is 0.671. The van der Waals surface area contributed by atoms with Crippen LogP contribution in [0.5, 0.6) is 0 Å². The van der Waals surface area contributed by atoms with Crippen molar-refractivity contribution in [3.8, 4) is 0 Å². The van der Waals surface area contributed by atoms with E-state index < -0.39 is 0 Å². The minimum atomic E-state index is 0.604. The average molecular weight is 271 g/mol. The highest BCUT2D eigenvalue weighted by Gasteiger charge is 2.05. The predicted molar refractivity (Wildman–Crippen MR) is 84.3 cm³/mol. The van der Waals surface area contributed by atoms with E-state index in [1.54, 1.807) is 6.07 Å². The second kappa shape index (κ2) is 7.94. The molecule has 0 bridgehead atoms. The summed E-state index contributed by atoms with van der Waals surface area (Å²) in [4.78, 5) is 0. The molecule has 0 aliphatic carbocycles. The van der Waals surface area contributed by atoms with Crippen LogP contribution in [0.25, 0.3) is 11.0 Å². The summed E-state index contributed by atoms with van der Waals surface area (Å²) in [6.07, 6.45) is 9.07. The number of nitrogens with zero attached hydrogens (tertiary/aromatic N) is 2. The van der Waals surface area contributed by atoms with E-state index in [-0.39, 0.29) is 0 Å². The van der Waals surface area contributed by atoms with E-state index in [2.05, 4.69) is 34.5 Å². The van der Waals surface area contributed by atoms with E-state index in [9.17, 15) is 0 Å².